The topological polar surface area (TPSA) is 78.7 Å². The van der Waals surface area contributed by atoms with Gasteiger partial charge in [-0.3, -0.25) is 23.2 Å². The van der Waals surface area contributed by atoms with Crippen molar-refractivity contribution in [3.63, 3.8) is 0 Å². The Morgan fingerprint density at radius 1 is 1.00 bits per heavy atom. The Morgan fingerprint density at radius 3 is 2.50 bits per heavy atom. The highest BCUT2D eigenvalue weighted by molar-refractivity contribution is 5.75. The Balaban J connectivity index is 1.53. The van der Waals surface area contributed by atoms with Gasteiger partial charge in [0.1, 0.15) is 0 Å². The third kappa shape index (κ3) is 3.57. The molecule has 0 saturated carbocycles. The van der Waals surface area contributed by atoms with Gasteiger partial charge in [0.05, 0.1) is 13.2 Å². The van der Waals surface area contributed by atoms with Gasteiger partial charge in [-0.25, -0.2) is 4.79 Å². The highest BCUT2D eigenvalue weighted by atomic mass is 16.5. The first-order valence-corrected chi connectivity index (χ1v) is 11.1. The fourth-order valence-corrected chi connectivity index (χ4v) is 4.48. The predicted molar refractivity (Wildman–Crippen MR) is 122 cm³/mol. The molecule has 3 aromatic heterocycles. The first kappa shape index (κ1) is 20.7. The number of morpholine rings is 1. The molecule has 0 spiro atoms. The van der Waals surface area contributed by atoms with Gasteiger partial charge >= 0.3 is 5.69 Å². The molecule has 1 aliphatic heterocycles. The van der Waals surface area contributed by atoms with Crippen molar-refractivity contribution in [3.05, 3.63) is 68.6 Å². The van der Waals surface area contributed by atoms with Crippen LogP contribution in [-0.2, 0) is 31.3 Å². The Morgan fingerprint density at radius 2 is 1.75 bits per heavy atom. The summed E-state index contributed by atoms with van der Waals surface area (Å²) >= 11 is 0. The molecule has 1 aromatic carbocycles. The molecular weight excluding hydrogens is 408 g/mol. The zero-order chi connectivity index (χ0) is 22.2. The van der Waals surface area contributed by atoms with E-state index in [4.69, 9.17) is 9.72 Å². The van der Waals surface area contributed by atoms with Crippen molar-refractivity contribution >= 4 is 16.9 Å². The van der Waals surface area contributed by atoms with E-state index in [1.165, 1.54) is 14.7 Å². The molecule has 4 aromatic rings. The van der Waals surface area contributed by atoms with Gasteiger partial charge in [0.25, 0.3) is 5.56 Å². The fourth-order valence-electron chi connectivity index (χ4n) is 4.48. The first-order valence-electron chi connectivity index (χ1n) is 11.1. The molecule has 0 amide bonds. The van der Waals surface area contributed by atoms with Crippen molar-refractivity contribution in [2.24, 2.45) is 7.05 Å². The van der Waals surface area contributed by atoms with Crippen LogP contribution >= 0.6 is 0 Å². The van der Waals surface area contributed by atoms with Gasteiger partial charge in [0.2, 0.25) is 5.78 Å². The summed E-state index contributed by atoms with van der Waals surface area (Å²) in [6, 6.07) is 10.3. The highest BCUT2D eigenvalue weighted by Gasteiger charge is 2.21. The number of hydrogen-bond donors (Lipinski definition) is 0. The number of hydrogen-bond acceptors (Lipinski definition) is 5. The number of fused-ring (bicyclic) bond motifs is 3. The van der Waals surface area contributed by atoms with Crippen molar-refractivity contribution in [2.45, 2.75) is 26.4 Å². The summed E-state index contributed by atoms with van der Waals surface area (Å²) in [5.74, 6) is 0.687. The summed E-state index contributed by atoms with van der Waals surface area (Å²) in [5, 5.41) is 0. The third-order valence-corrected chi connectivity index (χ3v) is 6.35. The summed E-state index contributed by atoms with van der Waals surface area (Å²) in [4.78, 5) is 33.3. The van der Waals surface area contributed by atoms with E-state index in [1.807, 2.05) is 35.7 Å². The lowest BCUT2D eigenvalue weighted by molar-refractivity contribution is 0.0361. The van der Waals surface area contributed by atoms with E-state index in [-0.39, 0.29) is 11.2 Å². The minimum absolute atomic E-state index is 0.288. The smallest absolute Gasteiger partial charge is 0.332 e. The minimum Gasteiger partial charge on any atom is -0.379 e. The van der Waals surface area contributed by atoms with Crippen LogP contribution in [0.3, 0.4) is 0 Å². The highest BCUT2D eigenvalue weighted by Crippen LogP contribution is 2.17. The molecule has 1 aliphatic rings. The lowest BCUT2D eigenvalue weighted by Gasteiger charge is -2.26. The van der Waals surface area contributed by atoms with Gasteiger partial charge in [-0.2, -0.15) is 4.98 Å². The molecule has 0 atom stereocenters. The van der Waals surface area contributed by atoms with Crippen LogP contribution < -0.4 is 11.2 Å². The van der Waals surface area contributed by atoms with Gasteiger partial charge in [-0.05, 0) is 18.9 Å². The van der Waals surface area contributed by atoms with Crippen LogP contribution in [0.1, 0.15) is 11.3 Å². The molecule has 32 heavy (non-hydrogen) atoms. The molecule has 168 valence electrons. The van der Waals surface area contributed by atoms with Gasteiger partial charge < -0.3 is 9.30 Å². The lowest BCUT2D eigenvalue weighted by atomic mass is 10.1. The van der Waals surface area contributed by atoms with Gasteiger partial charge in [-0.1, -0.05) is 30.3 Å². The second-order valence-corrected chi connectivity index (χ2v) is 8.36. The van der Waals surface area contributed by atoms with Crippen LogP contribution in [0, 0.1) is 6.92 Å². The van der Waals surface area contributed by atoms with E-state index in [9.17, 15) is 9.59 Å². The first-order chi connectivity index (χ1) is 15.5. The van der Waals surface area contributed by atoms with Crippen molar-refractivity contribution in [1.82, 2.24) is 28.0 Å². The number of ether oxygens (including phenoxy) is 1. The summed E-state index contributed by atoms with van der Waals surface area (Å²) in [6.07, 6.45) is 2.80. The quantitative estimate of drug-likeness (QED) is 0.451. The molecule has 1 fully saturated rings. The average molecular weight is 437 g/mol. The Hall–Kier alpha value is -3.17. The van der Waals surface area contributed by atoms with Crippen LogP contribution in [0.2, 0.25) is 0 Å². The van der Waals surface area contributed by atoms with Crippen LogP contribution in [-0.4, -0.2) is 60.8 Å². The molecule has 9 nitrogen and oxygen atoms in total. The van der Waals surface area contributed by atoms with Crippen LogP contribution in [0.15, 0.2) is 46.1 Å². The molecule has 0 unspecified atom stereocenters. The number of benzene rings is 1. The van der Waals surface area contributed by atoms with E-state index < -0.39 is 0 Å². The van der Waals surface area contributed by atoms with E-state index in [0.717, 1.165) is 31.7 Å². The Bertz CT molecular complexity index is 1370. The molecule has 4 heterocycles. The number of nitrogens with zero attached hydrogens (tertiary/aromatic N) is 6. The zero-order valence-electron chi connectivity index (χ0n) is 18.5. The number of imidazole rings is 2. The van der Waals surface area contributed by atoms with E-state index in [0.29, 0.717) is 43.2 Å². The molecular formula is C23H28N6O3. The maximum Gasteiger partial charge on any atom is 0.332 e. The van der Waals surface area contributed by atoms with Gasteiger partial charge in [0.15, 0.2) is 11.2 Å². The fraction of sp³-hybridized carbons (Fsp3) is 0.435. The van der Waals surface area contributed by atoms with Crippen LogP contribution in [0.4, 0.5) is 0 Å². The largest absolute Gasteiger partial charge is 0.379 e. The molecule has 5 rings (SSSR count). The normalized spacial score (nSPS) is 15.2. The number of aromatic nitrogens is 5. The molecule has 0 radical (unpaired) electrons. The monoisotopic (exact) mass is 436 g/mol. The Kier molecular flexibility index (Phi) is 5.44. The number of rotatable bonds is 6. The standard InChI is InChI=1S/C23H28N6O3/c1-17-16-29-19-20(24-22(29)27(17)9-8-18-6-4-3-5-7-18)25(2)23(31)28(21(19)30)11-10-26-12-14-32-15-13-26/h3-7,16H,8-15H2,1-2H3. The van der Waals surface area contributed by atoms with Crippen molar-refractivity contribution < 1.29 is 4.74 Å². The maximum absolute atomic E-state index is 13.4. The summed E-state index contributed by atoms with van der Waals surface area (Å²) in [5.41, 5.74) is 2.52. The summed E-state index contributed by atoms with van der Waals surface area (Å²) in [7, 11) is 1.68. The third-order valence-electron chi connectivity index (χ3n) is 6.35. The second-order valence-electron chi connectivity index (χ2n) is 8.36. The minimum atomic E-state index is -0.330. The molecule has 0 bridgehead atoms. The van der Waals surface area contributed by atoms with Crippen molar-refractivity contribution in [2.75, 3.05) is 32.8 Å². The predicted octanol–water partition coefficient (Wildman–Crippen LogP) is 1.03. The molecule has 0 N–H and O–H groups in total. The average Bonchev–Trinajstić information content (AvgIpc) is 3.32. The maximum atomic E-state index is 13.4. The lowest BCUT2D eigenvalue weighted by Crippen LogP contribution is -2.44. The van der Waals surface area contributed by atoms with E-state index in [2.05, 4.69) is 21.6 Å². The van der Waals surface area contributed by atoms with Gasteiger partial charge in [-0.15, -0.1) is 0 Å². The van der Waals surface area contributed by atoms with Crippen LogP contribution in [0.25, 0.3) is 16.9 Å². The SMILES string of the molecule is Cc1cn2c3c(=O)n(CCN4CCOCC4)c(=O)n(C)c3nc2n1CCc1ccccc1. The Labute approximate surface area is 185 Å². The number of aryl methyl sites for hydroxylation is 4. The molecule has 9 heteroatoms. The zero-order valence-corrected chi connectivity index (χ0v) is 18.5. The van der Waals surface area contributed by atoms with Crippen molar-refractivity contribution in [3.8, 4) is 0 Å². The van der Waals surface area contributed by atoms with Crippen molar-refractivity contribution in [1.29, 1.82) is 0 Å². The second kappa shape index (κ2) is 8.40. The van der Waals surface area contributed by atoms with E-state index in [1.54, 1.807) is 7.05 Å². The molecule has 0 aliphatic carbocycles. The van der Waals surface area contributed by atoms with E-state index >= 15 is 0 Å². The molecule has 1 saturated heterocycles. The van der Waals surface area contributed by atoms with Crippen LogP contribution in [0.5, 0.6) is 0 Å². The summed E-state index contributed by atoms with van der Waals surface area (Å²) < 4.78 is 12.1. The summed E-state index contributed by atoms with van der Waals surface area (Å²) in [6.45, 7) is 6.76. The van der Waals surface area contributed by atoms with Gasteiger partial charge in [0, 0.05) is 51.7 Å².